The molecule has 140 valence electrons. The number of aryl methyl sites for hydroxylation is 2. The van der Waals surface area contributed by atoms with Crippen LogP contribution in [0.2, 0.25) is 0 Å². The van der Waals surface area contributed by atoms with Gasteiger partial charge in [-0.3, -0.25) is 9.36 Å². The maximum absolute atomic E-state index is 13.1. The molecule has 0 unspecified atom stereocenters. The van der Waals surface area contributed by atoms with E-state index in [0.717, 1.165) is 43.2 Å². The van der Waals surface area contributed by atoms with E-state index < -0.39 is 0 Å². The Labute approximate surface area is 158 Å². The molecule has 1 aromatic carbocycles. The summed E-state index contributed by atoms with van der Waals surface area (Å²) >= 11 is 0. The molecule has 0 aliphatic heterocycles. The van der Waals surface area contributed by atoms with Crippen molar-refractivity contribution in [1.29, 1.82) is 5.26 Å². The third-order valence-corrected chi connectivity index (χ3v) is 5.28. The van der Waals surface area contributed by atoms with Gasteiger partial charge in [-0.2, -0.15) is 10.4 Å². The Morgan fingerprint density at radius 1 is 1.15 bits per heavy atom. The summed E-state index contributed by atoms with van der Waals surface area (Å²) < 4.78 is 1.35. The molecule has 1 aromatic heterocycles. The summed E-state index contributed by atoms with van der Waals surface area (Å²) in [5.41, 5.74) is 2.88. The fourth-order valence-electron chi connectivity index (χ4n) is 3.64. The van der Waals surface area contributed by atoms with Crippen LogP contribution in [-0.2, 0) is 0 Å². The average molecular weight is 364 g/mol. The largest absolute Gasteiger partial charge is 0.493 e. The lowest BCUT2D eigenvalue weighted by Gasteiger charge is -2.25. The zero-order valence-electron chi connectivity index (χ0n) is 16.0. The van der Waals surface area contributed by atoms with Gasteiger partial charge in [0.1, 0.15) is 11.6 Å². The highest BCUT2D eigenvalue weighted by Gasteiger charge is 2.25. The second-order valence-corrected chi connectivity index (χ2v) is 7.24. The van der Waals surface area contributed by atoms with Gasteiger partial charge in [0, 0.05) is 11.6 Å². The summed E-state index contributed by atoms with van der Waals surface area (Å²) in [5.74, 6) is -0.252. The number of hydrogen-bond acceptors (Lipinski definition) is 5. The van der Waals surface area contributed by atoms with Crippen LogP contribution in [0.4, 0.5) is 11.4 Å². The first-order valence-corrected chi connectivity index (χ1v) is 9.31. The highest BCUT2D eigenvalue weighted by Crippen LogP contribution is 2.34. The number of aromatic nitrogens is 1. The van der Waals surface area contributed by atoms with Crippen molar-refractivity contribution in [2.75, 3.05) is 0 Å². The van der Waals surface area contributed by atoms with E-state index in [1.807, 2.05) is 38.1 Å². The van der Waals surface area contributed by atoms with Crippen LogP contribution in [0.3, 0.4) is 0 Å². The Hall–Kier alpha value is -2.94. The number of nitrogens with zero attached hydrogens (tertiary/aromatic N) is 4. The molecule has 0 atom stereocenters. The minimum absolute atomic E-state index is 0.0927. The normalized spacial score (nSPS) is 15.2. The summed E-state index contributed by atoms with van der Waals surface area (Å²) in [4.78, 5) is 13.1. The molecule has 2 aromatic rings. The van der Waals surface area contributed by atoms with Crippen LogP contribution in [-0.4, -0.2) is 9.67 Å². The first-order valence-electron chi connectivity index (χ1n) is 9.31. The number of rotatable bonds is 3. The van der Waals surface area contributed by atoms with Crippen LogP contribution >= 0.6 is 0 Å². The van der Waals surface area contributed by atoms with Gasteiger partial charge in [0.05, 0.1) is 5.69 Å². The Morgan fingerprint density at radius 2 is 1.85 bits per heavy atom. The monoisotopic (exact) mass is 364 g/mol. The van der Waals surface area contributed by atoms with Crippen molar-refractivity contribution in [3.8, 4) is 11.9 Å². The first kappa shape index (κ1) is 18.8. The molecule has 6 heteroatoms. The fourth-order valence-corrected chi connectivity index (χ4v) is 3.64. The van der Waals surface area contributed by atoms with Gasteiger partial charge in [-0.1, -0.05) is 31.4 Å². The van der Waals surface area contributed by atoms with E-state index in [0.29, 0.717) is 11.3 Å². The number of benzene rings is 1. The van der Waals surface area contributed by atoms with Gasteiger partial charge < -0.3 is 5.11 Å². The Morgan fingerprint density at radius 3 is 2.52 bits per heavy atom. The summed E-state index contributed by atoms with van der Waals surface area (Å²) in [6.07, 6.45) is 4.77. The van der Waals surface area contributed by atoms with Crippen molar-refractivity contribution < 1.29 is 5.11 Å². The van der Waals surface area contributed by atoms with Crippen LogP contribution in [0, 0.1) is 32.1 Å². The average Bonchev–Trinajstić information content (AvgIpc) is 2.65. The van der Waals surface area contributed by atoms with E-state index in [9.17, 15) is 15.2 Å². The molecule has 1 fully saturated rings. The van der Waals surface area contributed by atoms with Gasteiger partial charge in [-0.15, -0.1) is 5.11 Å². The summed E-state index contributed by atoms with van der Waals surface area (Å²) in [5, 5.41) is 28.5. The fraction of sp³-hybridized carbons (Fsp3) is 0.429. The van der Waals surface area contributed by atoms with Gasteiger partial charge in [0.15, 0.2) is 5.69 Å². The quantitative estimate of drug-likeness (QED) is 0.752. The van der Waals surface area contributed by atoms with Gasteiger partial charge in [0.25, 0.3) is 5.56 Å². The number of nitriles is 1. The van der Waals surface area contributed by atoms with Crippen LogP contribution in [0.25, 0.3) is 0 Å². The zero-order chi connectivity index (χ0) is 19.6. The Bertz CT molecular complexity index is 993. The molecule has 0 bridgehead atoms. The van der Waals surface area contributed by atoms with Gasteiger partial charge in [-0.05, 0) is 50.8 Å². The second-order valence-electron chi connectivity index (χ2n) is 7.24. The number of azo groups is 1. The lowest BCUT2D eigenvalue weighted by atomic mass is 9.94. The van der Waals surface area contributed by atoms with Gasteiger partial charge in [0.2, 0.25) is 5.88 Å². The van der Waals surface area contributed by atoms with Crippen molar-refractivity contribution in [2.45, 2.75) is 58.9 Å². The predicted molar refractivity (Wildman–Crippen MR) is 104 cm³/mol. The van der Waals surface area contributed by atoms with Crippen molar-refractivity contribution in [3.63, 3.8) is 0 Å². The second kappa shape index (κ2) is 7.75. The third-order valence-electron chi connectivity index (χ3n) is 5.28. The van der Waals surface area contributed by atoms with Crippen LogP contribution in [0.5, 0.6) is 5.88 Å². The van der Waals surface area contributed by atoms with E-state index >= 15 is 0 Å². The molecule has 1 heterocycles. The number of aromatic hydroxyl groups is 1. The molecule has 1 saturated carbocycles. The molecule has 1 aliphatic carbocycles. The molecular formula is C21H24N4O2. The standard InChI is InChI=1S/C21H24N4O2/c1-13-9-10-14(2)18(11-13)23-24-19-15(3)17(12-22)20(26)25(21(19)27)16-7-5-4-6-8-16/h9-11,16,26H,4-8H2,1-3H3. The van der Waals surface area contributed by atoms with Crippen LogP contribution < -0.4 is 5.56 Å². The van der Waals surface area contributed by atoms with Gasteiger partial charge in [-0.25, -0.2) is 0 Å². The Kier molecular flexibility index (Phi) is 5.41. The molecule has 0 spiro atoms. The topological polar surface area (TPSA) is 90.7 Å². The van der Waals surface area contributed by atoms with E-state index in [2.05, 4.69) is 10.2 Å². The van der Waals surface area contributed by atoms with E-state index in [-0.39, 0.29) is 28.7 Å². The lowest BCUT2D eigenvalue weighted by molar-refractivity contribution is 0.303. The first-order chi connectivity index (χ1) is 12.9. The van der Waals surface area contributed by atoms with Gasteiger partial charge >= 0.3 is 0 Å². The zero-order valence-corrected chi connectivity index (χ0v) is 16.0. The third kappa shape index (κ3) is 3.63. The highest BCUT2D eigenvalue weighted by atomic mass is 16.3. The molecular weight excluding hydrogens is 340 g/mol. The van der Waals surface area contributed by atoms with Crippen LogP contribution in [0.1, 0.15) is 60.4 Å². The Balaban J connectivity index is 2.15. The number of hydrogen-bond donors (Lipinski definition) is 1. The smallest absolute Gasteiger partial charge is 0.281 e. The molecule has 1 aliphatic rings. The molecule has 27 heavy (non-hydrogen) atoms. The minimum Gasteiger partial charge on any atom is -0.493 e. The number of pyridine rings is 1. The molecule has 0 saturated heterocycles. The predicted octanol–water partition coefficient (Wildman–Crippen LogP) is 5.27. The van der Waals surface area contributed by atoms with Crippen molar-refractivity contribution in [2.24, 2.45) is 10.2 Å². The van der Waals surface area contributed by atoms with Crippen molar-refractivity contribution >= 4 is 11.4 Å². The van der Waals surface area contributed by atoms with Crippen molar-refractivity contribution in [3.05, 3.63) is 50.8 Å². The lowest BCUT2D eigenvalue weighted by Crippen LogP contribution is -2.27. The van der Waals surface area contributed by atoms with E-state index in [1.54, 1.807) is 6.92 Å². The summed E-state index contributed by atoms with van der Waals surface area (Å²) in [6.45, 7) is 5.52. The molecule has 0 radical (unpaired) electrons. The maximum atomic E-state index is 13.1. The minimum atomic E-state index is -0.384. The van der Waals surface area contributed by atoms with Crippen molar-refractivity contribution in [1.82, 2.24) is 4.57 Å². The molecule has 0 amide bonds. The SMILES string of the molecule is Cc1ccc(C)c(N=Nc2c(C)c(C#N)c(O)n(C3CCCCC3)c2=O)c1. The highest BCUT2D eigenvalue weighted by molar-refractivity contribution is 5.57. The molecule has 3 rings (SSSR count). The maximum Gasteiger partial charge on any atom is 0.281 e. The molecule has 1 N–H and O–H groups in total. The van der Waals surface area contributed by atoms with Crippen LogP contribution in [0.15, 0.2) is 33.2 Å². The summed E-state index contributed by atoms with van der Waals surface area (Å²) in [7, 11) is 0. The summed E-state index contributed by atoms with van der Waals surface area (Å²) in [6, 6.07) is 7.76. The van der Waals surface area contributed by atoms with E-state index in [1.165, 1.54) is 4.57 Å². The van der Waals surface area contributed by atoms with E-state index in [4.69, 9.17) is 0 Å². The molecule has 6 nitrogen and oxygen atoms in total.